The molecule has 2 rings (SSSR count). The molecule has 2 aromatic rings. The average Bonchev–Trinajstić information content (AvgIpc) is 2.47. The van der Waals surface area contributed by atoms with Gasteiger partial charge >= 0.3 is 0 Å². The number of aryl methyl sites for hydroxylation is 1. The molecular formula is C15H18N4O. The number of nitrogens with zero attached hydrogens (tertiary/aromatic N) is 2. The molecule has 1 aromatic carbocycles. The monoisotopic (exact) mass is 270 g/mol. The van der Waals surface area contributed by atoms with E-state index in [1.54, 1.807) is 6.92 Å². The van der Waals surface area contributed by atoms with Gasteiger partial charge in [0, 0.05) is 0 Å². The number of ether oxygens (including phenoxy) is 1. The van der Waals surface area contributed by atoms with E-state index in [0.29, 0.717) is 24.1 Å². The number of hydrogen-bond acceptors (Lipinski definition) is 5. The minimum absolute atomic E-state index is 0.441. The molecule has 0 bridgehead atoms. The zero-order chi connectivity index (χ0) is 14.4. The van der Waals surface area contributed by atoms with Crippen LogP contribution in [-0.2, 0) is 0 Å². The standard InChI is InChI=1S/C15H18N4O/c1-11-14(19-16)17-12(2)18-15(11)20-10-6-9-13-7-4-3-5-8-13/h3-9H,10,16H2,1-2H3,(H,17,18,19)/b9-6+. The fraction of sp³-hybridized carbons (Fsp3) is 0.200. The van der Waals surface area contributed by atoms with Crippen LogP contribution in [0.3, 0.4) is 0 Å². The van der Waals surface area contributed by atoms with Gasteiger partial charge in [0.15, 0.2) is 0 Å². The second-order valence-corrected chi connectivity index (χ2v) is 4.32. The van der Waals surface area contributed by atoms with Crippen LogP contribution in [0.4, 0.5) is 5.82 Å². The van der Waals surface area contributed by atoms with Gasteiger partial charge in [-0.3, -0.25) is 0 Å². The van der Waals surface area contributed by atoms with E-state index >= 15 is 0 Å². The number of aromatic nitrogens is 2. The molecule has 0 saturated heterocycles. The first-order valence-corrected chi connectivity index (χ1v) is 6.37. The molecule has 0 unspecified atom stereocenters. The number of nitrogens with two attached hydrogens (primary N) is 1. The van der Waals surface area contributed by atoms with Crippen molar-refractivity contribution in [3.63, 3.8) is 0 Å². The van der Waals surface area contributed by atoms with Crippen LogP contribution in [0.5, 0.6) is 5.88 Å². The lowest BCUT2D eigenvalue weighted by Gasteiger charge is -2.10. The van der Waals surface area contributed by atoms with Crippen LogP contribution in [0.15, 0.2) is 36.4 Å². The first-order valence-electron chi connectivity index (χ1n) is 6.37. The number of anilines is 1. The highest BCUT2D eigenvalue weighted by molar-refractivity contribution is 5.49. The van der Waals surface area contributed by atoms with E-state index in [2.05, 4.69) is 15.4 Å². The van der Waals surface area contributed by atoms with Gasteiger partial charge in [-0.2, -0.15) is 4.98 Å². The molecule has 0 amide bonds. The van der Waals surface area contributed by atoms with Crippen LogP contribution in [0, 0.1) is 13.8 Å². The molecule has 3 N–H and O–H groups in total. The second-order valence-electron chi connectivity index (χ2n) is 4.32. The van der Waals surface area contributed by atoms with Gasteiger partial charge in [0.1, 0.15) is 18.2 Å². The fourth-order valence-corrected chi connectivity index (χ4v) is 1.76. The Morgan fingerprint density at radius 2 is 1.95 bits per heavy atom. The van der Waals surface area contributed by atoms with E-state index < -0.39 is 0 Å². The molecule has 1 heterocycles. The Morgan fingerprint density at radius 1 is 1.20 bits per heavy atom. The van der Waals surface area contributed by atoms with Crippen LogP contribution < -0.4 is 16.0 Å². The largest absolute Gasteiger partial charge is 0.473 e. The van der Waals surface area contributed by atoms with Crippen molar-refractivity contribution in [3.8, 4) is 5.88 Å². The molecule has 1 aromatic heterocycles. The van der Waals surface area contributed by atoms with Crippen molar-refractivity contribution in [1.29, 1.82) is 0 Å². The van der Waals surface area contributed by atoms with Crippen LogP contribution in [0.1, 0.15) is 17.0 Å². The van der Waals surface area contributed by atoms with Gasteiger partial charge in [-0.05, 0) is 25.5 Å². The van der Waals surface area contributed by atoms with Gasteiger partial charge in [-0.1, -0.05) is 36.4 Å². The lowest BCUT2D eigenvalue weighted by atomic mass is 10.2. The predicted molar refractivity (Wildman–Crippen MR) is 80.3 cm³/mol. The van der Waals surface area contributed by atoms with E-state index in [9.17, 15) is 0 Å². The summed E-state index contributed by atoms with van der Waals surface area (Å²) < 4.78 is 5.65. The fourth-order valence-electron chi connectivity index (χ4n) is 1.76. The maximum Gasteiger partial charge on any atom is 0.222 e. The first kappa shape index (κ1) is 14.0. The first-order chi connectivity index (χ1) is 9.70. The summed E-state index contributed by atoms with van der Waals surface area (Å²) in [4.78, 5) is 8.45. The maximum absolute atomic E-state index is 5.65. The number of nitrogens with one attached hydrogen (secondary N) is 1. The number of benzene rings is 1. The molecule has 5 nitrogen and oxygen atoms in total. The molecular weight excluding hydrogens is 252 g/mol. The minimum atomic E-state index is 0.441. The highest BCUT2D eigenvalue weighted by Crippen LogP contribution is 2.20. The van der Waals surface area contributed by atoms with Crippen molar-refractivity contribution in [2.45, 2.75) is 13.8 Å². The molecule has 0 radical (unpaired) electrons. The Morgan fingerprint density at radius 3 is 2.65 bits per heavy atom. The topological polar surface area (TPSA) is 73.1 Å². The van der Waals surface area contributed by atoms with Gasteiger partial charge in [0.25, 0.3) is 0 Å². The zero-order valence-corrected chi connectivity index (χ0v) is 11.6. The van der Waals surface area contributed by atoms with Gasteiger partial charge < -0.3 is 10.2 Å². The van der Waals surface area contributed by atoms with Crippen molar-refractivity contribution >= 4 is 11.9 Å². The second kappa shape index (κ2) is 6.68. The highest BCUT2D eigenvalue weighted by atomic mass is 16.5. The summed E-state index contributed by atoms with van der Waals surface area (Å²) in [5.74, 6) is 7.15. The predicted octanol–water partition coefficient (Wildman–Crippen LogP) is 2.47. The Kier molecular flexibility index (Phi) is 4.68. The number of hydrazine groups is 1. The molecule has 0 atom stereocenters. The van der Waals surface area contributed by atoms with Gasteiger partial charge in [0.2, 0.25) is 5.88 Å². The summed E-state index contributed by atoms with van der Waals surface area (Å²) in [5, 5.41) is 0. The van der Waals surface area contributed by atoms with E-state index in [0.717, 1.165) is 11.1 Å². The molecule has 0 aliphatic heterocycles. The highest BCUT2D eigenvalue weighted by Gasteiger charge is 2.08. The summed E-state index contributed by atoms with van der Waals surface area (Å²) in [6.07, 6.45) is 3.95. The van der Waals surface area contributed by atoms with E-state index in [1.807, 2.05) is 49.4 Å². The number of hydrogen-bond donors (Lipinski definition) is 2. The molecule has 0 aliphatic carbocycles. The average molecular weight is 270 g/mol. The van der Waals surface area contributed by atoms with Crippen molar-refractivity contribution in [1.82, 2.24) is 9.97 Å². The molecule has 5 heteroatoms. The normalized spacial score (nSPS) is 10.8. The summed E-state index contributed by atoms with van der Waals surface area (Å²) >= 11 is 0. The van der Waals surface area contributed by atoms with Crippen molar-refractivity contribution < 1.29 is 4.74 Å². The third kappa shape index (κ3) is 3.55. The summed E-state index contributed by atoms with van der Waals surface area (Å²) in [6.45, 7) is 4.11. The Hall–Kier alpha value is -2.40. The van der Waals surface area contributed by atoms with E-state index in [4.69, 9.17) is 10.6 Å². The molecule has 20 heavy (non-hydrogen) atoms. The van der Waals surface area contributed by atoms with Crippen LogP contribution >= 0.6 is 0 Å². The summed E-state index contributed by atoms with van der Waals surface area (Å²) in [6, 6.07) is 10.1. The van der Waals surface area contributed by atoms with Crippen molar-refractivity contribution in [2.75, 3.05) is 12.0 Å². The minimum Gasteiger partial charge on any atom is -0.473 e. The SMILES string of the molecule is Cc1nc(NN)c(C)c(OC/C=C/c2ccccc2)n1. The Balaban J connectivity index is 2.01. The zero-order valence-electron chi connectivity index (χ0n) is 11.6. The van der Waals surface area contributed by atoms with Crippen LogP contribution in [0.2, 0.25) is 0 Å². The van der Waals surface area contributed by atoms with Crippen molar-refractivity contribution in [3.05, 3.63) is 53.4 Å². The van der Waals surface area contributed by atoms with E-state index in [-0.39, 0.29) is 0 Å². The molecule has 0 spiro atoms. The third-order valence-corrected chi connectivity index (χ3v) is 2.78. The van der Waals surface area contributed by atoms with Crippen molar-refractivity contribution in [2.24, 2.45) is 5.84 Å². The number of nitrogen functional groups attached to an aromatic ring is 1. The smallest absolute Gasteiger partial charge is 0.222 e. The molecule has 0 fully saturated rings. The Labute approximate surface area is 118 Å². The molecule has 104 valence electrons. The van der Waals surface area contributed by atoms with Crippen LogP contribution in [-0.4, -0.2) is 16.6 Å². The Bertz CT molecular complexity index is 596. The third-order valence-electron chi connectivity index (χ3n) is 2.78. The lowest BCUT2D eigenvalue weighted by molar-refractivity contribution is 0.345. The maximum atomic E-state index is 5.65. The summed E-state index contributed by atoms with van der Waals surface area (Å²) in [5.41, 5.74) is 4.48. The quantitative estimate of drug-likeness (QED) is 0.645. The van der Waals surface area contributed by atoms with E-state index in [1.165, 1.54) is 0 Å². The number of rotatable bonds is 5. The van der Waals surface area contributed by atoms with Gasteiger partial charge in [0.05, 0.1) is 5.56 Å². The van der Waals surface area contributed by atoms with Gasteiger partial charge in [-0.25, -0.2) is 10.8 Å². The van der Waals surface area contributed by atoms with Crippen LogP contribution in [0.25, 0.3) is 6.08 Å². The molecule has 0 aliphatic rings. The molecule has 0 saturated carbocycles. The van der Waals surface area contributed by atoms with Gasteiger partial charge in [-0.15, -0.1) is 0 Å². The lowest BCUT2D eigenvalue weighted by Crippen LogP contribution is -2.13. The summed E-state index contributed by atoms with van der Waals surface area (Å²) in [7, 11) is 0.